The number of hydrogen-bond donors (Lipinski definition) is 2. The van der Waals surface area contributed by atoms with Crippen LogP contribution in [-0.4, -0.2) is 38.4 Å². The third-order valence-corrected chi connectivity index (χ3v) is 4.81. The molecule has 1 heterocycles. The summed E-state index contributed by atoms with van der Waals surface area (Å²) in [5.74, 6) is 0.707. The SMILES string of the molecule is COC1CN(c2cccc(SC)c2C(=N)N)CCC1C. The number of nitrogen functional groups attached to an aromatic ring is 1. The molecular weight excluding hydrogens is 270 g/mol. The van der Waals surface area contributed by atoms with Crippen molar-refractivity contribution in [2.45, 2.75) is 24.3 Å². The van der Waals surface area contributed by atoms with Crippen molar-refractivity contribution in [1.29, 1.82) is 5.41 Å². The number of hydrogen-bond acceptors (Lipinski definition) is 4. The molecule has 1 aromatic carbocycles. The van der Waals surface area contributed by atoms with E-state index in [1.54, 1.807) is 18.9 Å². The fourth-order valence-corrected chi connectivity index (χ4v) is 3.42. The van der Waals surface area contributed by atoms with Crippen molar-refractivity contribution in [3.63, 3.8) is 0 Å². The van der Waals surface area contributed by atoms with E-state index in [1.165, 1.54) is 0 Å². The Hall–Kier alpha value is -1.20. The Bertz CT molecular complexity index is 492. The van der Waals surface area contributed by atoms with E-state index in [0.29, 0.717) is 5.92 Å². The molecule has 2 rings (SSSR count). The minimum absolute atomic E-state index is 0.137. The molecule has 1 saturated heterocycles. The standard InChI is InChI=1S/C15H23N3OS/c1-10-7-8-18(9-12(10)19-2)11-5-4-6-13(20-3)14(11)15(16)17/h4-6,10,12H,7-9H2,1-3H3,(H3,16,17). The highest BCUT2D eigenvalue weighted by molar-refractivity contribution is 7.98. The first-order valence-electron chi connectivity index (χ1n) is 6.87. The second kappa shape index (κ2) is 6.50. The summed E-state index contributed by atoms with van der Waals surface area (Å²) >= 11 is 1.63. The number of benzene rings is 1. The fourth-order valence-electron chi connectivity index (χ4n) is 2.78. The number of piperidine rings is 1. The molecule has 0 aliphatic carbocycles. The molecule has 3 N–H and O–H groups in total. The van der Waals surface area contributed by atoms with Gasteiger partial charge in [-0.2, -0.15) is 0 Å². The zero-order valence-corrected chi connectivity index (χ0v) is 13.2. The predicted octanol–water partition coefficient (Wildman–Crippen LogP) is 2.55. The van der Waals surface area contributed by atoms with Crippen LogP contribution in [0.1, 0.15) is 18.9 Å². The maximum atomic E-state index is 7.88. The predicted molar refractivity (Wildman–Crippen MR) is 86.0 cm³/mol. The van der Waals surface area contributed by atoms with E-state index in [-0.39, 0.29) is 11.9 Å². The number of nitrogens with zero attached hydrogens (tertiary/aromatic N) is 1. The topological polar surface area (TPSA) is 62.3 Å². The number of methoxy groups -OCH3 is 1. The fraction of sp³-hybridized carbons (Fsp3) is 0.533. The first-order valence-corrected chi connectivity index (χ1v) is 8.10. The molecule has 5 heteroatoms. The third kappa shape index (κ3) is 2.94. The third-order valence-electron chi connectivity index (χ3n) is 4.03. The smallest absolute Gasteiger partial charge is 0.126 e. The highest BCUT2D eigenvalue weighted by Crippen LogP contribution is 2.32. The number of nitrogens with one attached hydrogen (secondary N) is 1. The van der Waals surface area contributed by atoms with Gasteiger partial charge >= 0.3 is 0 Å². The highest BCUT2D eigenvalue weighted by Gasteiger charge is 2.28. The Morgan fingerprint density at radius 2 is 2.25 bits per heavy atom. The average Bonchev–Trinajstić information content (AvgIpc) is 2.46. The van der Waals surface area contributed by atoms with Crippen LogP contribution < -0.4 is 10.6 Å². The van der Waals surface area contributed by atoms with Gasteiger partial charge in [-0.05, 0) is 30.7 Å². The first-order chi connectivity index (χ1) is 9.58. The van der Waals surface area contributed by atoms with Crippen LogP contribution >= 0.6 is 11.8 Å². The molecule has 0 saturated carbocycles. The lowest BCUT2D eigenvalue weighted by Crippen LogP contribution is -2.44. The number of nitrogens with two attached hydrogens (primary N) is 1. The van der Waals surface area contributed by atoms with Crippen molar-refractivity contribution < 1.29 is 4.74 Å². The maximum absolute atomic E-state index is 7.88. The summed E-state index contributed by atoms with van der Waals surface area (Å²) in [4.78, 5) is 3.35. The van der Waals surface area contributed by atoms with Crippen molar-refractivity contribution in [2.75, 3.05) is 31.4 Å². The van der Waals surface area contributed by atoms with Gasteiger partial charge < -0.3 is 15.4 Å². The Morgan fingerprint density at radius 1 is 1.50 bits per heavy atom. The molecule has 110 valence electrons. The summed E-state index contributed by atoms with van der Waals surface area (Å²) in [7, 11) is 1.77. The molecule has 0 aromatic heterocycles. The van der Waals surface area contributed by atoms with Gasteiger partial charge in [0, 0.05) is 30.8 Å². The minimum Gasteiger partial charge on any atom is -0.384 e. The zero-order valence-electron chi connectivity index (χ0n) is 12.3. The molecule has 4 nitrogen and oxygen atoms in total. The molecule has 0 amide bonds. The molecule has 1 fully saturated rings. The van der Waals surface area contributed by atoms with Gasteiger partial charge in [0.25, 0.3) is 0 Å². The highest BCUT2D eigenvalue weighted by atomic mass is 32.2. The van der Waals surface area contributed by atoms with E-state index in [0.717, 1.165) is 35.7 Å². The van der Waals surface area contributed by atoms with Gasteiger partial charge in [-0.25, -0.2) is 0 Å². The van der Waals surface area contributed by atoms with Crippen molar-refractivity contribution in [2.24, 2.45) is 11.7 Å². The molecule has 0 spiro atoms. The van der Waals surface area contributed by atoms with Crippen molar-refractivity contribution in [3.05, 3.63) is 23.8 Å². The quantitative estimate of drug-likeness (QED) is 0.509. The van der Waals surface area contributed by atoms with E-state index in [1.807, 2.05) is 18.4 Å². The van der Waals surface area contributed by atoms with Crippen LogP contribution in [0.5, 0.6) is 0 Å². The van der Waals surface area contributed by atoms with Gasteiger partial charge in [0.1, 0.15) is 5.84 Å². The first kappa shape index (κ1) is 15.2. The van der Waals surface area contributed by atoms with Crippen LogP contribution in [0.25, 0.3) is 0 Å². The van der Waals surface area contributed by atoms with Gasteiger partial charge in [-0.1, -0.05) is 13.0 Å². The number of rotatable bonds is 4. The van der Waals surface area contributed by atoms with Crippen LogP contribution in [0.3, 0.4) is 0 Å². The van der Waals surface area contributed by atoms with E-state index in [2.05, 4.69) is 17.9 Å². The molecule has 1 aromatic rings. The van der Waals surface area contributed by atoms with E-state index in [9.17, 15) is 0 Å². The Labute approximate surface area is 125 Å². The van der Waals surface area contributed by atoms with Crippen molar-refractivity contribution >= 4 is 23.3 Å². The van der Waals surface area contributed by atoms with Crippen LogP contribution in [0.4, 0.5) is 5.69 Å². The Kier molecular flexibility index (Phi) is 4.94. The van der Waals surface area contributed by atoms with Crippen LogP contribution in [-0.2, 0) is 4.74 Å². The Balaban J connectivity index is 2.35. The monoisotopic (exact) mass is 293 g/mol. The van der Waals surface area contributed by atoms with Crippen LogP contribution in [0.2, 0.25) is 0 Å². The maximum Gasteiger partial charge on any atom is 0.126 e. The number of amidine groups is 1. The van der Waals surface area contributed by atoms with Crippen LogP contribution in [0.15, 0.2) is 23.1 Å². The van der Waals surface area contributed by atoms with Gasteiger partial charge in [0.2, 0.25) is 0 Å². The van der Waals surface area contributed by atoms with Crippen molar-refractivity contribution in [1.82, 2.24) is 0 Å². The molecular formula is C15H23N3OS. The summed E-state index contributed by atoms with van der Waals surface area (Å²) < 4.78 is 5.58. The lowest BCUT2D eigenvalue weighted by molar-refractivity contribution is 0.0498. The van der Waals surface area contributed by atoms with E-state index >= 15 is 0 Å². The summed E-state index contributed by atoms with van der Waals surface area (Å²) in [6, 6.07) is 6.11. The average molecular weight is 293 g/mol. The molecule has 0 bridgehead atoms. The second-order valence-electron chi connectivity index (χ2n) is 5.25. The number of anilines is 1. The number of thioether (sulfide) groups is 1. The van der Waals surface area contributed by atoms with Crippen LogP contribution in [0, 0.1) is 11.3 Å². The molecule has 1 aliphatic rings. The summed E-state index contributed by atoms with van der Waals surface area (Å²) in [6.07, 6.45) is 3.35. The van der Waals surface area contributed by atoms with Gasteiger partial charge in [-0.15, -0.1) is 11.8 Å². The summed E-state index contributed by atoms with van der Waals surface area (Å²) in [6.45, 7) is 4.07. The van der Waals surface area contributed by atoms with Gasteiger partial charge in [0.05, 0.1) is 11.7 Å². The zero-order chi connectivity index (χ0) is 14.7. The van der Waals surface area contributed by atoms with Gasteiger partial charge in [0.15, 0.2) is 0 Å². The van der Waals surface area contributed by atoms with Crippen molar-refractivity contribution in [3.8, 4) is 0 Å². The summed E-state index contributed by atoms with van der Waals surface area (Å²) in [5, 5.41) is 7.88. The van der Waals surface area contributed by atoms with E-state index in [4.69, 9.17) is 15.9 Å². The molecule has 2 unspecified atom stereocenters. The largest absolute Gasteiger partial charge is 0.384 e. The Morgan fingerprint density at radius 3 is 2.85 bits per heavy atom. The van der Waals surface area contributed by atoms with Gasteiger partial charge in [-0.3, -0.25) is 5.41 Å². The normalized spacial score (nSPS) is 22.9. The lowest BCUT2D eigenvalue weighted by Gasteiger charge is -2.38. The molecule has 1 aliphatic heterocycles. The summed E-state index contributed by atoms with van der Waals surface area (Å²) in [5.41, 5.74) is 7.71. The lowest BCUT2D eigenvalue weighted by atomic mass is 9.95. The molecule has 20 heavy (non-hydrogen) atoms. The minimum atomic E-state index is 0.137. The van der Waals surface area contributed by atoms with E-state index < -0.39 is 0 Å². The molecule has 0 radical (unpaired) electrons. The number of ether oxygens (including phenoxy) is 1. The second-order valence-corrected chi connectivity index (χ2v) is 6.10. The molecule has 2 atom stereocenters.